The van der Waals surface area contributed by atoms with Crippen molar-refractivity contribution in [1.82, 2.24) is 5.32 Å². The third-order valence-electron chi connectivity index (χ3n) is 4.25. The van der Waals surface area contributed by atoms with Gasteiger partial charge >= 0.3 is 5.97 Å². The molecule has 1 aromatic carbocycles. The Morgan fingerprint density at radius 2 is 1.76 bits per heavy atom. The van der Waals surface area contributed by atoms with E-state index in [4.69, 9.17) is 0 Å². The molecule has 5 nitrogen and oxygen atoms in total. The molecular weight excluding hydrogens is 268 g/mol. The fourth-order valence-electron chi connectivity index (χ4n) is 2.78. The molecular formula is C16H22N2O3. The van der Waals surface area contributed by atoms with E-state index in [1.165, 1.54) is 0 Å². The molecule has 1 aliphatic rings. The number of carboxylic acid groups (broad SMARTS) is 1. The Labute approximate surface area is 125 Å². The zero-order valence-corrected chi connectivity index (χ0v) is 12.6. The molecule has 1 aromatic rings. The van der Waals surface area contributed by atoms with E-state index in [9.17, 15) is 14.7 Å². The number of nitrogens with zero attached hydrogens (tertiary/aromatic N) is 1. The topological polar surface area (TPSA) is 69.6 Å². The quantitative estimate of drug-likeness (QED) is 0.871. The van der Waals surface area contributed by atoms with Gasteiger partial charge in [0.15, 0.2) is 0 Å². The maximum atomic E-state index is 12.1. The maximum Gasteiger partial charge on any atom is 0.311 e. The smallest absolute Gasteiger partial charge is 0.311 e. The van der Waals surface area contributed by atoms with E-state index in [2.05, 4.69) is 5.32 Å². The van der Waals surface area contributed by atoms with Crippen LogP contribution >= 0.6 is 0 Å². The molecule has 114 valence electrons. The van der Waals surface area contributed by atoms with Crippen molar-refractivity contribution < 1.29 is 14.7 Å². The molecule has 21 heavy (non-hydrogen) atoms. The first-order valence-corrected chi connectivity index (χ1v) is 7.24. The summed E-state index contributed by atoms with van der Waals surface area (Å²) < 4.78 is 0. The lowest BCUT2D eigenvalue weighted by atomic mass is 9.86. The average Bonchev–Trinajstić information content (AvgIpc) is 2.95. The van der Waals surface area contributed by atoms with Gasteiger partial charge in [-0.3, -0.25) is 9.59 Å². The van der Waals surface area contributed by atoms with E-state index >= 15 is 0 Å². The number of carbonyl (C=O) groups excluding carboxylic acids is 1. The molecule has 0 heterocycles. The van der Waals surface area contributed by atoms with Crippen molar-refractivity contribution in [3.63, 3.8) is 0 Å². The van der Waals surface area contributed by atoms with Gasteiger partial charge in [0, 0.05) is 31.9 Å². The Morgan fingerprint density at radius 3 is 2.24 bits per heavy atom. The monoisotopic (exact) mass is 290 g/mol. The molecule has 2 rings (SSSR count). The molecule has 1 aliphatic carbocycles. The summed E-state index contributed by atoms with van der Waals surface area (Å²) in [6, 6.07) is 7.26. The van der Waals surface area contributed by atoms with Gasteiger partial charge in [-0.15, -0.1) is 0 Å². The molecule has 0 unspecified atom stereocenters. The molecule has 5 heteroatoms. The van der Waals surface area contributed by atoms with Crippen LogP contribution in [-0.4, -0.2) is 37.6 Å². The molecule has 0 aliphatic heterocycles. The second-order valence-corrected chi connectivity index (χ2v) is 5.92. The highest BCUT2D eigenvalue weighted by Crippen LogP contribution is 2.37. The predicted octanol–water partition coefficient (Wildman–Crippen LogP) is 2.13. The fourth-order valence-corrected chi connectivity index (χ4v) is 2.78. The van der Waals surface area contributed by atoms with Crippen molar-refractivity contribution in [2.24, 2.45) is 5.41 Å². The van der Waals surface area contributed by atoms with Gasteiger partial charge < -0.3 is 15.3 Å². The van der Waals surface area contributed by atoms with Crippen LogP contribution in [0.2, 0.25) is 0 Å². The summed E-state index contributed by atoms with van der Waals surface area (Å²) in [5.74, 6) is -1.02. The van der Waals surface area contributed by atoms with Crippen LogP contribution in [-0.2, 0) is 4.79 Å². The van der Waals surface area contributed by atoms with Crippen LogP contribution in [0.1, 0.15) is 36.0 Å². The Bertz CT molecular complexity index is 517. The van der Waals surface area contributed by atoms with Gasteiger partial charge in [-0.2, -0.15) is 0 Å². The molecule has 0 bridgehead atoms. The second kappa shape index (κ2) is 6.16. The van der Waals surface area contributed by atoms with E-state index in [0.29, 0.717) is 18.4 Å². The summed E-state index contributed by atoms with van der Waals surface area (Å²) in [5, 5.41) is 12.2. The van der Waals surface area contributed by atoms with Crippen molar-refractivity contribution in [2.75, 3.05) is 25.5 Å². The molecule has 0 radical (unpaired) electrons. The lowest BCUT2D eigenvalue weighted by Crippen LogP contribution is -2.41. The zero-order chi connectivity index (χ0) is 15.5. The van der Waals surface area contributed by atoms with Crippen LogP contribution in [0.4, 0.5) is 5.69 Å². The van der Waals surface area contributed by atoms with Crippen LogP contribution in [0.15, 0.2) is 24.3 Å². The molecule has 2 N–H and O–H groups in total. The molecule has 0 aromatic heterocycles. The van der Waals surface area contributed by atoms with Crippen LogP contribution < -0.4 is 10.2 Å². The number of benzene rings is 1. The summed E-state index contributed by atoms with van der Waals surface area (Å²) in [6.45, 7) is 0.205. The van der Waals surface area contributed by atoms with Crippen LogP contribution in [0.5, 0.6) is 0 Å². The number of aliphatic carboxylic acids is 1. The highest BCUT2D eigenvalue weighted by atomic mass is 16.4. The summed E-state index contributed by atoms with van der Waals surface area (Å²) >= 11 is 0. The number of nitrogens with one attached hydrogen (secondary N) is 1. The largest absolute Gasteiger partial charge is 0.481 e. The first kappa shape index (κ1) is 15.4. The van der Waals surface area contributed by atoms with Gasteiger partial charge in [0.2, 0.25) is 0 Å². The number of carbonyl (C=O) groups is 2. The Morgan fingerprint density at radius 1 is 1.19 bits per heavy atom. The second-order valence-electron chi connectivity index (χ2n) is 5.92. The minimum atomic E-state index is -0.803. The number of amides is 1. The van der Waals surface area contributed by atoms with E-state index in [1.807, 2.05) is 31.1 Å². The lowest BCUT2D eigenvalue weighted by Gasteiger charge is -2.24. The van der Waals surface area contributed by atoms with Gasteiger partial charge in [0.25, 0.3) is 5.91 Å². The maximum absolute atomic E-state index is 12.1. The van der Waals surface area contributed by atoms with Crippen molar-refractivity contribution in [3.8, 4) is 0 Å². The van der Waals surface area contributed by atoms with E-state index in [1.54, 1.807) is 12.1 Å². The summed E-state index contributed by atoms with van der Waals surface area (Å²) in [4.78, 5) is 25.5. The zero-order valence-electron chi connectivity index (χ0n) is 12.6. The minimum absolute atomic E-state index is 0.205. The van der Waals surface area contributed by atoms with E-state index in [-0.39, 0.29) is 12.5 Å². The molecule has 0 atom stereocenters. The van der Waals surface area contributed by atoms with Gasteiger partial charge in [0.05, 0.1) is 5.41 Å². The Kier molecular flexibility index (Phi) is 4.50. The van der Waals surface area contributed by atoms with Gasteiger partial charge in [-0.1, -0.05) is 12.8 Å². The van der Waals surface area contributed by atoms with Gasteiger partial charge in [0.1, 0.15) is 0 Å². The molecule has 0 saturated heterocycles. The Hall–Kier alpha value is -2.04. The highest BCUT2D eigenvalue weighted by molar-refractivity contribution is 5.94. The SMILES string of the molecule is CN(C)c1ccc(C(=O)NCC2(C(=O)O)CCCC2)cc1. The molecule has 0 spiro atoms. The number of carboxylic acids is 1. The Balaban J connectivity index is 1.99. The van der Waals surface area contributed by atoms with Crippen LogP contribution in [0.3, 0.4) is 0 Å². The number of hydrogen-bond donors (Lipinski definition) is 2. The molecule has 1 saturated carbocycles. The van der Waals surface area contributed by atoms with Crippen LogP contribution in [0.25, 0.3) is 0 Å². The van der Waals surface area contributed by atoms with Gasteiger partial charge in [-0.05, 0) is 37.1 Å². The normalized spacial score (nSPS) is 16.5. The number of anilines is 1. The predicted molar refractivity (Wildman–Crippen MR) is 81.6 cm³/mol. The van der Waals surface area contributed by atoms with Crippen molar-refractivity contribution in [3.05, 3.63) is 29.8 Å². The first-order chi connectivity index (χ1) is 9.94. The van der Waals surface area contributed by atoms with Crippen molar-refractivity contribution in [2.45, 2.75) is 25.7 Å². The van der Waals surface area contributed by atoms with Crippen molar-refractivity contribution >= 4 is 17.6 Å². The van der Waals surface area contributed by atoms with Gasteiger partial charge in [-0.25, -0.2) is 0 Å². The highest BCUT2D eigenvalue weighted by Gasteiger charge is 2.41. The van der Waals surface area contributed by atoms with Crippen LogP contribution in [0, 0.1) is 5.41 Å². The summed E-state index contributed by atoms with van der Waals surface area (Å²) in [6.07, 6.45) is 3.11. The third kappa shape index (κ3) is 3.35. The fraction of sp³-hybridized carbons (Fsp3) is 0.500. The molecule has 1 fully saturated rings. The first-order valence-electron chi connectivity index (χ1n) is 7.24. The average molecular weight is 290 g/mol. The van der Waals surface area contributed by atoms with E-state index < -0.39 is 11.4 Å². The van der Waals surface area contributed by atoms with Crippen molar-refractivity contribution in [1.29, 1.82) is 0 Å². The summed E-state index contributed by atoms with van der Waals surface area (Å²) in [7, 11) is 3.87. The third-order valence-corrected chi connectivity index (χ3v) is 4.25. The van der Waals surface area contributed by atoms with E-state index in [0.717, 1.165) is 18.5 Å². The standard InChI is InChI=1S/C16H22N2O3/c1-18(2)13-7-5-12(6-8-13)14(19)17-11-16(15(20)21)9-3-4-10-16/h5-8H,3-4,9-11H2,1-2H3,(H,17,19)(H,20,21). The minimum Gasteiger partial charge on any atom is -0.481 e. The number of hydrogen-bond acceptors (Lipinski definition) is 3. The summed E-state index contributed by atoms with van der Waals surface area (Å²) in [5.41, 5.74) is 0.794. The number of rotatable bonds is 5. The molecule has 1 amide bonds. The lowest BCUT2D eigenvalue weighted by molar-refractivity contribution is -0.148.